The SMILES string of the molecule is CCN(Cc1nnc(Cl)s1)CC1CCNCC1. The molecule has 1 aromatic rings. The van der Waals surface area contributed by atoms with E-state index < -0.39 is 0 Å². The van der Waals surface area contributed by atoms with Crippen LogP contribution >= 0.6 is 22.9 Å². The highest BCUT2D eigenvalue weighted by molar-refractivity contribution is 7.15. The molecule has 0 bridgehead atoms. The van der Waals surface area contributed by atoms with E-state index in [9.17, 15) is 0 Å². The fourth-order valence-electron chi connectivity index (χ4n) is 2.22. The summed E-state index contributed by atoms with van der Waals surface area (Å²) in [7, 11) is 0. The number of hydrogen-bond donors (Lipinski definition) is 1. The zero-order valence-corrected chi connectivity index (χ0v) is 11.7. The van der Waals surface area contributed by atoms with Gasteiger partial charge in [0, 0.05) is 6.54 Å². The van der Waals surface area contributed by atoms with E-state index in [2.05, 4.69) is 27.3 Å². The molecule has 0 saturated carbocycles. The third-order valence-electron chi connectivity index (χ3n) is 3.22. The van der Waals surface area contributed by atoms with Gasteiger partial charge in [0.25, 0.3) is 0 Å². The Morgan fingerprint density at radius 3 is 2.76 bits per heavy atom. The minimum atomic E-state index is 0.540. The van der Waals surface area contributed by atoms with Gasteiger partial charge in [0.2, 0.25) is 4.47 Å². The molecule has 1 aliphatic heterocycles. The summed E-state index contributed by atoms with van der Waals surface area (Å²) in [4.78, 5) is 2.44. The molecule has 0 unspecified atom stereocenters. The third kappa shape index (κ3) is 4.17. The Labute approximate surface area is 111 Å². The Morgan fingerprint density at radius 2 is 2.18 bits per heavy atom. The highest BCUT2D eigenvalue weighted by Crippen LogP contribution is 2.19. The van der Waals surface area contributed by atoms with Gasteiger partial charge in [-0.3, -0.25) is 4.90 Å². The summed E-state index contributed by atoms with van der Waals surface area (Å²) < 4.78 is 0.540. The number of rotatable bonds is 5. The Bertz CT molecular complexity index is 338. The molecule has 1 N–H and O–H groups in total. The van der Waals surface area contributed by atoms with Crippen molar-refractivity contribution in [2.24, 2.45) is 5.92 Å². The predicted octanol–water partition coefficient (Wildman–Crippen LogP) is 2.01. The van der Waals surface area contributed by atoms with Gasteiger partial charge in [-0.1, -0.05) is 18.3 Å². The molecule has 0 spiro atoms. The van der Waals surface area contributed by atoms with E-state index in [4.69, 9.17) is 11.6 Å². The van der Waals surface area contributed by atoms with Gasteiger partial charge in [0.05, 0.1) is 6.54 Å². The Kier molecular flexibility index (Phi) is 5.16. The average Bonchev–Trinajstić information content (AvgIpc) is 2.75. The molecule has 1 saturated heterocycles. The van der Waals surface area contributed by atoms with Gasteiger partial charge in [0.15, 0.2) is 0 Å². The van der Waals surface area contributed by atoms with E-state index >= 15 is 0 Å². The zero-order valence-electron chi connectivity index (χ0n) is 10.2. The molecule has 1 fully saturated rings. The summed E-state index contributed by atoms with van der Waals surface area (Å²) in [5.41, 5.74) is 0. The molecule has 17 heavy (non-hydrogen) atoms. The molecule has 2 heterocycles. The summed E-state index contributed by atoms with van der Waals surface area (Å²) in [6, 6.07) is 0. The first-order valence-electron chi connectivity index (χ1n) is 6.19. The summed E-state index contributed by atoms with van der Waals surface area (Å²) in [5, 5.41) is 12.3. The second-order valence-electron chi connectivity index (χ2n) is 4.47. The van der Waals surface area contributed by atoms with Crippen LogP contribution in [0.5, 0.6) is 0 Å². The second-order valence-corrected chi connectivity index (χ2v) is 6.11. The first kappa shape index (κ1) is 13.2. The first-order valence-corrected chi connectivity index (χ1v) is 7.38. The highest BCUT2D eigenvalue weighted by Gasteiger charge is 2.17. The minimum Gasteiger partial charge on any atom is -0.317 e. The maximum Gasteiger partial charge on any atom is 0.207 e. The number of nitrogens with zero attached hydrogens (tertiary/aromatic N) is 3. The van der Waals surface area contributed by atoms with Gasteiger partial charge in [-0.2, -0.15) is 0 Å². The van der Waals surface area contributed by atoms with Crippen LogP contribution in [0.2, 0.25) is 4.47 Å². The lowest BCUT2D eigenvalue weighted by Crippen LogP contribution is -2.35. The van der Waals surface area contributed by atoms with Crippen LogP contribution in [0.4, 0.5) is 0 Å². The lowest BCUT2D eigenvalue weighted by molar-refractivity contribution is 0.206. The molecule has 0 radical (unpaired) electrons. The molecule has 1 aliphatic rings. The fourth-order valence-corrected chi connectivity index (χ4v) is 3.13. The van der Waals surface area contributed by atoms with Crippen molar-refractivity contribution in [3.05, 3.63) is 9.47 Å². The Balaban J connectivity index is 1.83. The predicted molar refractivity (Wildman–Crippen MR) is 71.5 cm³/mol. The first-order chi connectivity index (χ1) is 8.28. The van der Waals surface area contributed by atoms with Crippen molar-refractivity contribution in [3.8, 4) is 0 Å². The van der Waals surface area contributed by atoms with Crippen LogP contribution in [0.3, 0.4) is 0 Å². The molecule has 2 rings (SSSR count). The van der Waals surface area contributed by atoms with Crippen molar-refractivity contribution in [3.63, 3.8) is 0 Å². The highest BCUT2D eigenvalue weighted by atomic mass is 35.5. The van der Waals surface area contributed by atoms with E-state index in [1.165, 1.54) is 24.2 Å². The summed E-state index contributed by atoms with van der Waals surface area (Å²) >= 11 is 7.28. The minimum absolute atomic E-state index is 0.540. The summed E-state index contributed by atoms with van der Waals surface area (Å²) in [6.07, 6.45) is 2.57. The van der Waals surface area contributed by atoms with E-state index in [1.54, 1.807) is 0 Å². The molecule has 1 aromatic heterocycles. The van der Waals surface area contributed by atoms with Gasteiger partial charge < -0.3 is 5.32 Å². The van der Waals surface area contributed by atoms with Crippen molar-refractivity contribution in [1.29, 1.82) is 0 Å². The Morgan fingerprint density at radius 1 is 1.41 bits per heavy atom. The molecule has 0 amide bonds. The molecular formula is C11H19ClN4S. The van der Waals surface area contributed by atoms with Crippen molar-refractivity contribution < 1.29 is 0 Å². The third-order valence-corrected chi connectivity index (χ3v) is 4.23. The maximum absolute atomic E-state index is 5.80. The summed E-state index contributed by atoms with van der Waals surface area (Å²) in [5.74, 6) is 0.819. The molecule has 0 aromatic carbocycles. The quantitative estimate of drug-likeness (QED) is 0.892. The van der Waals surface area contributed by atoms with Crippen LogP contribution in [-0.2, 0) is 6.54 Å². The number of aromatic nitrogens is 2. The smallest absolute Gasteiger partial charge is 0.207 e. The topological polar surface area (TPSA) is 41.1 Å². The van der Waals surface area contributed by atoms with Crippen molar-refractivity contribution >= 4 is 22.9 Å². The van der Waals surface area contributed by atoms with Crippen LogP contribution < -0.4 is 5.32 Å². The van der Waals surface area contributed by atoms with Crippen molar-refractivity contribution in [2.75, 3.05) is 26.2 Å². The molecule has 6 heteroatoms. The fraction of sp³-hybridized carbons (Fsp3) is 0.818. The van der Waals surface area contributed by atoms with Crippen LogP contribution in [-0.4, -0.2) is 41.3 Å². The van der Waals surface area contributed by atoms with Gasteiger partial charge >= 0.3 is 0 Å². The van der Waals surface area contributed by atoms with Crippen LogP contribution in [0.15, 0.2) is 0 Å². The molecule has 96 valence electrons. The van der Waals surface area contributed by atoms with Gasteiger partial charge in [-0.05, 0) is 50.0 Å². The zero-order chi connectivity index (χ0) is 12.1. The number of hydrogen-bond acceptors (Lipinski definition) is 5. The average molecular weight is 275 g/mol. The monoisotopic (exact) mass is 274 g/mol. The maximum atomic E-state index is 5.80. The largest absolute Gasteiger partial charge is 0.317 e. The van der Waals surface area contributed by atoms with Gasteiger partial charge in [0.1, 0.15) is 5.01 Å². The standard InChI is InChI=1S/C11H19ClN4S/c1-2-16(7-9-3-5-13-6-4-9)8-10-14-15-11(12)17-10/h9,13H,2-8H2,1H3. The number of halogens is 1. The van der Waals surface area contributed by atoms with E-state index in [0.717, 1.165) is 43.6 Å². The van der Waals surface area contributed by atoms with Crippen LogP contribution in [0, 0.1) is 5.92 Å². The van der Waals surface area contributed by atoms with Gasteiger partial charge in [-0.25, -0.2) is 0 Å². The van der Waals surface area contributed by atoms with Crippen molar-refractivity contribution in [2.45, 2.75) is 26.3 Å². The number of nitrogens with one attached hydrogen (secondary N) is 1. The van der Waals surface area contributed by atoms with Gasteiger partial charge in [-0.15, -0.1) is 10.2 Å². The normalized spacial score (nSPS) is 17.8. The number of piperidine rings is 1. The van der Waals surface area contributed by atoms with E-state index in [0.29, 0.717) is 4.47 Å². The van der Waals surface area contributed by atoms with Crippen LogP contribution in [0.25, 0.3) is 0 Å². The lowest BCUT2D eigenvalue weighted by atomic mass is 9.97. The van der Waals surface area contributed by atoms with Crippen molar-refractivity contribution in [1.82, 2.24) is 20.4 Å². The summed E-state index contributed by atoms with van der Waals surface area (Å²) in [6.45, 7) is 7.62. The van der Waals surface area contributed by atoms with Crippen LogP contribution in [0.1, 0.15) is 24.8 Å². The van der Waals surface area contributed by atoms with E-state index in [-0.39, 0.29) is 0 Å². The molecular weight excluding hydrogens is 256 g/mol. The second kappa shape index (κ2) is 6.64. The molecule has 0 atom stereocenters. The van der Waals surface area contributed by atoms with E-state index in [1.807, 2.05) is 0 Å². The molecule has 4 nitrogen and oxygen atoms in total. The molecule has 0 aliphatic carbocycles. The Hall–Kier alpha value is -0.230. The lowest BCUT2D eigenvalue weighted by Gasteiger charge is -2.28.